The predicted molar refractivity (Wildman–Crippen MR) is 137 cm³/mol. The Morgan fingerprint density at radius 1 is 1.08 bits per heavy atom. The van der Waals surface area contributed by atoms with Gasteiger partial charge in [0.05, 0.1) is 11.9 Å². The average Bonchev–Trinajstić information content (AvgIpc) is 3.52. The van der Waals surface area contributed by atoms with Crippen molar-refractivity contribution in [2.75, 3.05) is 23.9 Å². The molecule has 1 N–H and O–H groups in total. The highest BCUT2D eigenvalue weighted by molar-refractivity contribution is 7.92. The van der Waals surface area contributed by atoms with Gasteiger partial charge in [-0.3, -0.25) is 13.9 Å². The Bertz CT molecular complexity index is 1210. The van der Waals surface area contributed by atoms with Gasteiger partial charge in [-0.25, -0.2) is 8.42 Å². The number of nitrogens with one attached hydrogen (secondary N) is 1. The maximum atomic E-state index is 13.6. The van der Waals surface area contributed by atoms with Crippen molar-refractivity contribution >= 4 is 39.1 Å². The van der Waals surface area contributed by atoms with E-state index in [-0.39, 0.29) is 31.0 Å². The topological polar surface area (TPSA) is 105 Å². The van der Waals surface area contributed by atoms with Crippen LogP contribution in [0.15, 0.2) is 42.5 Å². The molecule has 2 amide bonds. The molecule has 36 heavy (non-hydrogen) atoms. The van der Waals surface area contributed by atoms with Crippen LogP contribution < -0.4 is 19.1 Å². The highest BCUT2D eigenvalue weighted by Crippen LogP contribution is 2.36. The first-order valence-corrected chi connectivity index (χ1v) is 14.1. The van der Waals surface area contributed by atoms with E-state index in [0.717, 1.165) is 41.8 Å². The van der Waals surface area contributed by atoms with Crippen molar-refractivity contribution in [2.24, 2.45) is 0 Å². The van der Waals surface area contributed by atoms with Crippen LogP contribution in [-0.2, 0) is 26.2 Å². The molecular formula is C25H30ClN3O6S. The highest BCUT2D eigenvalue weighted by atomic mass is 35.5. The summed E-state index contributed by atoms with van der Waals surface area (Å²) in [4.78, 5) is 28.1. The molecule has 0 unspecified atom stereocenters. The summed E-state index contributed by atoms with van der Waals surface area (Å²) in [5.41, 5.74) is 1.03. The second-order valence-electron chi connectivity index (χ2n) is 9.12. The van der Waals surface area contributed by atoms with Gasteiger partial charge in [0.25, 0.3) is 0 Å². The lowest BCUT2D eigenvalue weighted by Gasteiger charge is -2.32. The van der Waals surface area contributed by atoms with Gasteiger partial charge in [-0.15, -0.1) is 0 Å². The van der Waals surface area contributed by atoms with Crippen molar-refractivity contribution in [3.05, 3.63) is 53.1 Å². The van der Waals surface area contributed by atoms with Crippen LogP contribution in [0, 0.1) is 0 Å². The van der Waals surface area contributed by atoms with Crippen molar-refractivity contribution < 1.29 is 27.5 Å². The van der Waals surface area contributed by atoms with E-state index in [0.29, 0.717) is 16.5 Å². The normalized spacial score (nSPS) is 16.0. The number of rotatable bonds is 9. The summed E-state index contributed by atoms with van der Waals surface area (Å²) in [7, 11) is -3.84. The quantitative estimate of drug-likeness (QED) is 0.528. The van der Waals surface area contributed by atoms with Crippen LogP contribution in [0.3, 0.4) is 0 Å². The number of ether oxygens (including phenoxy) is 2. The van der Waals surface area contributed by atoms with Gasteiger partial charge in [0, 0.05) is 23.7 Å². The molecule has 2 aliphatic rings. The Morgan fingerprint density at radius 2 is 1.75 bits per heavy atom. The number of carbonyl (C=O) groups is 2. The second kappa shape index (κ2) is 11.0. The SMILES string of the molecule is C[C@H](C(=O)NC1CCCC1)N(Cc1ccc(Cl)cc1)C(=O)CN(c1ccc2c(c1)OCO2)S(C)(=O)=O. The van der Waals surface area contributed by atoms with Crippen LogP contribution in [0.5, 0.6) is 11.5 Å². The van der Waals surface area contributed by atoms with E-state index in [1.807, 2.05) is 0 Å². The minimum atomic E-state index is -3.84. The minimum Gasteiger partial charge on any atom is -0.454 e. The molecule has 2 aromatic carbocycles. The van der Waals surface area contributed by atoms with Gasteiger partial charge in [0.15, 0.2) is 11.5 Å². The fourth-order valence-electron chi connectivity index (χ4n) is 4.42. The maximum absolute atomic E-state index is 13.6. The summed E-state index contributed by atoms with van der Waals surface area (Å²) < 4.78 is 37.1. The third-order valence-electron chi connectivity index (χ3n) is 6.46. The number of hydrogen-bond donors (Lipinski definition) is 1. The van der Waals surface area contributed by atoms with Gasteiger partial charge in [0.1, 0.15) is 12.6 Å². The van der Waals surface area contributed by atoms with Gasteiger partial charge in [-0.2, -0.15) is 0 Å². The molecule has 2 aromatic rings. The van der Waals surface area contributed by atoms with Crippen molar-refractivity contribution in [3.63, 3.8) is 0 Å². The smallest absolute Gasteiger partial charge is 0.244 e. The zero-order chi connectivity index (χ0) is 25.9. The first-order valence-electron chi connectivity index (χ1n) is 11.8. The molecule has 194 valence electrons. The third kappa shape index (κ3) is 6.22. The van der Waals surface area contributed by atoms with E-state index in [2.05, 4.69) is 5.32 Å². The summed E-state index contributed by atoms with van der Waals surface area (Å²) >= 11 is 6.01. The molecule has 1 aliphatic carbocycles. The Balaban J connectivity index is 1.59. The monoisotopic (exact) mass is 535 g/mol. The number of carbonyl (C=O) groups excluding carboxylic acids is 2. The van der Waals surface area contributed by atoms with Crippen molar-refractivity contribution in [1.29, 1.82) is 0 Å². The summed E-state index contributed by atoms with van der Waals surface area (Å²) in [6.07, 6.45) is 4.98. The fourth-order valence-corrected chi connectivity index (χ4v) is 5.38. The van der Waals surface area contributed by atoms with Gasteiger partial charge < -0.3 is 19.7 Å². The Labute approximate surface area is 216 Å². The van der Waals surface area contributed by atoms with E-state index in [1.54, 1.807) is 43.3 Å². The molecule has 0 saturated heterocycles. The molecular weight excluding hydrogens is 506 g/mol. The van der Waals surface area contributed by atoms with Crippen LogP contribution in [0.2, 0.25) is 5.02 Å². The van der Waals surface area contributed by atoms with E-state index >= 15 is 0 Å². The van der Waals surface area contributed by atoms with E-state index < -0.39 is 28.5 Å². The standard InChI is InChI=1S/C25H30ClN3O6S/c1-17(25(31)27-20-5-3-4-6-20)28(14-18-7-9-19(26)10-8-18)24(30)15-29(36(2,32)33)21-11-12-22-23(13-21)35-16-34-22/h7-13,17,20H,3-6,14-16H2,1-2H3,(H,27,31)/t17-/m1/s1. The van der Waals surface area contributed by atoms with Gasteiger partial charge in [-0.05, 0) is 49.6 Å². The van der Waals surface area contributed by atoms with Crippen LogP contribution >= 0.6 is 11.6 Å². The van der Waals surface area contributed by atoms with Gasteiger partial charge >= 0.3 is 0 Å². The molecule has 1 fully saturated rings. The zero-order valence-electron chi connectivity index (χ0n) is 20.3. The zero-order valence-corrected chi connectivity index (χ0v) is 21.8. The minimum absolute atomic E-state index is 0.0408. The summed E-state index contributed by atoms with van der Waals surface area (Å²) in [5.74, 6) is 0.122. The number of sulfonamides is 1. The maximum Gasteiger partial charge on any atom is 0.244 e. The molecule has 0 radical (unpaired) electrons. The molecule has 0 bridgehead atoms. The Morgan fingerprint density at radius 3 is 2.42 bits per heavy atom. The number of hydrogen-bond acceptors (Lipinski definition) is 6. The Hall–Kier alpha value is -2.98. The predicted octanol–water partition coefficient (Wildman–Crippen LogP) is 3.31. The number of amides is 2. The van der Waals surface area contributed by atoms with Crippen LogP contribution in [0.25, 0.3) is 0 Å². The average molecular weight is 536 g/mol. The molecule has 11 heteroatoms. The summed E-state index contributed by atoms with van der Waals surface area (Å²) in [6, 6.07) is 10.9. The summed E-state index contributed by atoms with van der Waals surface area (Å²) in [6.45, 7) is 1.34. The van der Waals surface area contributed by atoms with Gasteiger partial charge in [0.2, 0.25) is 28.6 Å². The molecule has 9 nitrogen and oxygen atoms in total. The first kappa shape index (κ1) is 26.1. The van der Waals surface area contributed by atoms with Gasteiger partial charge in [-0.1, -0.05) is 36.6 Å². The van der Waals surface area contributed by atoms with E-state index in [4.69, 9.17) is 21.1 Å². The molecule has 1 aliphatic heterocycles. The summed E-state index contributed by atoms with van der Waals surface area (Å²) in [5, 5.41) is 3.59. The highest BCUT2D eigenvalue weighted by Gasteiger charge is 2.32. The van der Waals surface area contributed by atoms with Crippen molar-refractivity contribution in [1.82, 2.24) is 10.2 Å². The number of anilines is 1. The van der Waals surface area contributed by atoms with Crippen molar-refractivity contribution in [3.8, 4) is 11.5 Å². The molecule has 1 saturated carbocycles. The number of nitrogens with zero attached hydrogens (tertiary/aromatic N) is 2. The Kier molecular flexibility index (Phi) is 7.94. The lowest BCUT2D eigenvalue weighted by Crippen LogP contribution is -2.52. The van der Waals surface area contributed by atoms with Crippen molar-refractivity contribution in [2.45, 2.75) is 51.2 Å². The largest absolute Gasteiger partial charge is 0.454 e. The van der Waals surface area contributed by atoms with Crippen LogP contribution in [0.4, 0.5) is 5.69 Å². The third-order valence-corrected chi connectivity index (χ3v) is 7.85. The molecule has 1 atom stereocenters. The van der Waals surface area contributed by atoms with Crippen LogP contribution in [-0.4, -0.2) is 56.8 Å². The number of fused-ring (bicyclic) bond motifs is 1. The van der Waals surface area contributed by atoms with E-state index in [9.17, 15) is 18.0 Å². The lowest BCUT2D eigenvalue weighted by atomic mass is 10.1. The number of halogens is 1. The number of benzene rings is 2. The molecule has 4 rings (SSSR count). The molecule has 1 heterocycles. The lowest BCUT2D eigenvalue weighted by molar-refractivity contribution is -0.139. The van der Waals surface area contributed by atoms with Crippen LogP contribution in [0.1, 0.15) is 38.2 Å². The first-order chi connectivity index (χ1) is 17.1. The fraction of sp³-hybridized carbons (Fsp3) is 0.440. The van der Waals surface area contributed by atoms with E-state index in [1.165, 1.54) is 11.0 Å². The molecule has 0 aromatic heterocycles. The molecule has 0 spiro atoms. The second-order valence-corrected chi connectivity index (χ2v) is 11.5.